The summed E-state index contributed by atoms with van der Waals surface area (Å²) >= 11 is 0. The van der Waals surface area contributed by atoms with Crippen molar-refractivity contribution in [3.05, 3.63) is 59.9 Å². The number of aryl methyl sites for hydroxylation is 2. The summed E-state index contributed by atoms with van der Waals surface area (Å²) in [6, 6.07) is 15.3. The lowest BCUT2D eigenvalue weighted by molar-refractivity contribution is -0.210. The zero-order valence-corrected chi connectivity index (χ0v) is 25.1. The van der Waals surface area contributed by atoms with Crippen molar-refractivity contribution < 1.29 is 19.4 Å². The largest absolute Gasteiger partial charge is 0.382 e. The third-order valence-corrected chi connectivity index (χ3v) is 7.39. The van der Waals surface area contributed by atoms with Crippen molar-refractivity contribution in [1.82, 2.24) is 24.3 Å². The second-order valence-electron chi connectivity index (χ2n) is 10.4. The molecule has 10 nitrogen and oxygen atoms in total. The van der Waals surface area contributed by atoms with Gasteiger partial charge < -0.3 is 15.2 Å². The highest BCUT2D eigenvalue weighted by Gasteiger charge is 2.20. The number of carbonyl (C=O) groups excluding carboxylic acids is 2. The fourth-order valence-corrected chi connectivity index (χ4v) is 5.14. The van der Waals surface area contributed by atoms with E-state index in [0.29, 0.717) is 37.7 Å². The van der Waals surface area contributed by atoms with Crippen molar-refractivity contribution in [2.75, 3.05) is 31.9 Å². The average molecular weight is 575 g/mol. The van der Waals surface area contributed by atoms with Crippen LogP contribution in [-0.4, -0.2) is 62.4 Å². The Bertz CT molecular complexity index is 1510. The van der Waals surface area contributed by atoms with Gasteiger partial charge in [0.25, 0.3) is 0 Å². The summed E-state index contributed by atoms with van der Waals surface area (Å²) in [5, 5.41) is 1.02. The van der Waals surface area contributed by atoms with Gasteiger partial charge in [-0.25, -0.2) is 14.8 Å². The van der Waals surface area contributed by atoms with Crippen LogP contribution in [0.25, 0.3) is 21.9 Å². The van der Waals surface area contributed by atoms with Crippen LogP contribution in [0.3, 0.4) is 0 Å². The Morgan fingerprint density at radius 1 is 1.00 bits per heavy atom. The van der Waals surface area contributed by atoms with Crippen LogP contribution < -0.4 is 10.6 Å². The number of hydrogen-bond donors (Lipinski definition) is 1. The predicted octanol–water partition coefficient (Wildman–Crippen LogP) is 5.13. The van der Waals surface area contributed by atoms with Gasteiger partial charge in [0.15, 0.2) is 11.6 Å². The molecule has 0 saturated carbocycles. The van der Waals surface area contributed by atoms with Crippen LogP contribution in [0.2, 0.25) is 0 Å². The number of nitrogens with zero attached hydrogens (tertiary/aromatic N) is 5. The van der Waals surface area contributed by atoms with E-state index in [1.54, 1.807) is 12.1 Å². The number of rotatable bonds is 15. The van der Waals surface area contributed by atoms with Gasteiger partial charge in [-0.15, -0.1) is 0 Å². The number of para-hydroxylation sites is 1. The SMILES string of the molecule is CCCCc1nc2c(N)nc3ccccc3c2n1CCCN(Cc1cccc(OOC(C)=O)c1)C(=O)CN(CC)CC. The van der Waals surface area contributed by atoms with Gasteiger partial charge in [0.1, 0.15) is 11.3 Å². The number of benzene rings is 2. The van der Waals surface area contributed by atoms with E-state index in [4.69, 9.17) is 15.6 Å². The van der Waals surface area contributed by atoms with E-state index >= 15 is 0 Å². The van der Waals surface area contributed by atoms with Gasteiger partial charge in [-0.05, 0) is 49.7 Å². The first-order valence-corrected chi connectivity index (χ1v) is 14.8. The lowest BCUT2D eigenvalue weighted by Gasteiger charge is -2.27. The molecule has 0 unspecified atom stereocenters. The molecule has 0 saturated heterocycles. The summed E-state index contributed by atoms with van der Waals surface area (Å²) in [5.41, 5.74) is 9.84. The van der Waals surface area contributed by atoms with Crippen molar-refractivity contribution in [1.29, 1.82) is 0 Å². The number of unbranched alkanes of at least 4 members (excludes halogenated alkanes) is 1. The molecule has 4 rings (SSSR count). The van der Waals surface area contributed by atoms with E-state index in [2.05, 4.69) is 46.2 Å². The van der Waals surface area contributed by atoms with Crippen LogP contribution >= 0.6 is 0 Å². The number of nitrogens with two attached hydrogens (primary N) is 1. The molecule has 0 aliphatic carbocycles. The lowest BCUT2D eigenvalue weighted by Crippen LogP contribution is -2.40. The molecule has 0 radical (unpaired) electrons. The van der Waals surface area contributed by atoms with Crippen LogP contribution in [0.15, 0.2) is 48.5 Å². The van der Waals surface area contributed by atoms with Crippen LogP contribution in [0.4, 0.5) is 5.82 Å². The van der Waals surface area contributed by atoms with Crippen LogP contribution in [0, 0.1) is 0 Å². The molecule has 224 valence electrons. The molecular formula is C32H42N6O4. The maximum atomic E-state index is 13.5. The van der Waals surface area contributed by atoms with E-state index in [-0.39, 0.29) is 5.91 Å². The second kappa shape index (κ2) is 14.6. The van der Waals surface area contributed by atoms with Gasteiger partial charge in [0.05, 0.1) is 17.6 Å². The van der Waals surface area contributed by atoms with Crippen molar-refractivity contribution in [2.45, 2.75) is 66.5 Å². The Morgan fingerprint density at radius 3 is 2.52 bits per heavy atom. The minimum Gasteiger partial charge on any atom is -0.382 e. The number of imidazole rings is 1. The van der Waals surface area contributed by atoms with Crippen molar-refractivity contribution in [3.8, 4) is 5.75 Å². The predicted molar refractivity (Wildman–Crippen MR) is 165 cm³/mol. The molecule has 2 aromatic heterocycles. The molecular weight excluding hydrogens is 532 g/mol. The van der Waals surface area contributed by atoms with E-state index in [1.807, 2.05) is 35.2 Å². The number of fused-ring (bicyclic) bond motifs is 3. The number of pyridine rings is 1. The maximum Gasteiger partial charge on any atom is 0.352 e. The molecule has 0 aliphatic rings. The Morgan fingerprint density at radius 2 is 1.79 bits per heavy atom. The first-order valence-electron chi connectivity index (χ1n) is 14.8. The Balaban J connectivity index is 1.60. The molecule has 4 aromatic rings. The standard InChI is InChI=1S/C32H42N6O4/c1-5-8-17-28-35-30-31(26-15-9-10-16-27(26)34-32(30)33)38(28)19-12-18-37(29(40)22-36(6-2)7-3)21-24-13-11-14-25(20-24)42-41-23(4)39/h9-11,13-16,20H,5-8,12,17-19,21-22H2,1-4H3,(H2,33,34). The smallest absolute Gasteiger partial charge is 0.352 e. The van der Waals surface area contributed by atoms with Gasteiger partial charge in [0, 0.05) is 38.4 Å². The number of likely N-dealkylation sites (N-methyl/N-ethyl adjacent to an activating group) is 1. The summed E-state index contributed by atoms with van der Waals surface area (Å²) in [5.74, 6) is 1.36. The molecule has 0 aliphatic heterocycles. The Hall–Kier alpha value is -4.18. The molecule has 2 aromatic carbocycles. The molecule has 0 spiro atoms. The van der Waals surface area contributed by atoms with Gasteiger partial charge in [-0.3, -0.25) is 19.5 Å². The lowest BCUT2D eigenvalue weighted by atomic mass is 10.1. The molecule has 42 heavy (non-hydrogen) atoms. The number of aromatic nitrogens is 3. The summed E-state index contributed by atoms with van der Waals surface area (Å²) in [4.78, 5) is 48.1. The molecule has 0 bridgehead atoms. The minimum atomic E-state index is -0.535. The van der Waals surface area contributed by atoms with Crippen molar-refractivity contribution in [3.63, 3.8) is 0 Å². The topological polar surface area (TPSA) is 116 Å². The Kier molecular flexibility index (Phi) is 10.7. The summed E-state index contributed by atoms with van der Waals surface area (Å²) in [7, 11) is 0. The van der Waals surface area contributed by atoms with Crippen molar-refractivity contribution >= 4 is 39.6 Å². The second-order valence-corrected chi connectivity index (χ2v) is 10.4. The van der Waals surface area contributed by atoms with Crippen LogP contribution in [0.5, 0.6) is 5.75 Å². The monoisotopic (exact) mass is 574 g/mol. The zero-order valence-electron chi connectivity index (χ0n) is 25.1. The van der Waals surface area contributed by atoms with E-state index in [9.17, 15) is 9.59 Å². The summed E-state index contributed by atoms with van der Waals surface area (Å²) in [6.45, 7) is 11.2. The summed E-state index contributed by atoms with van der Waals surface area (Å²) in [6.07, 6.45) is 3.66. The molecule has 2 N–H and O–H groups in total. The van der Waals surface area contributed by atoms with E-state index < -0.39 is 5.97 Å². The molecule has 1 amide bonds. The summed E-state index contributed by atoms with van der Waals surface area (Å²) < 4.78 is 2.27. The van der Waals surface area contributed by atoms with Crippen LogP contribution in [-0.2, 0) is 34.0 Å². The highest BCUT2D eigenvalue weighted by atomic mass is 17.2. The molecule has 10 heteroatoms. The zero-order chi connectivity index (χ0) is 30.1. The number of hydrogen-bond acceptors (Lipinski definition) is 8. The quantitative estimate of drug-likeness (QED) is 0.154. The number of nitrogen functional groups attached to an aromatic ring is 1. The normalized spacial score (nSPS) is 11.4. The average Bonchev–Trinajstić information content (AvgIpc) is 3.36. The van der Waals surface area contributed by atoms with Gasteiger partial charge in [-0.2, -0.15) is 0 Å². The molecule has 0 fully saturated rings. The number of anilines is 1. The Labute approximate surface area is 247 Å². The molecule has 0 atom stereocenters. The van der Waals surface area contributed by atoms with E-state index in [1.165, 1.54) is 6.92 Å². The first-order chi connectivity index (χ1) is 20.3. The highest BCUT2D eigenvalue weighted by molar-refractivity contribution is 6.06. The fourth-order valence-electron chi connectivity index (χ4n) is 5.14. The highest BCUT2D eigenvalue weighted by Crippen LogP contribution is 2.29. The van der Waals surface area contributed by atoms with Crippen molar-refractivity contribution in [2.24, 2.45) is 0 Å². The number of carbonyl (C=O) groups is 2. The first kappa shape index (κ1) is 30.8. The van der Waals surface area contributed by atoms with E-state index in [0.717, 1.165) is 72.1 Å². The van der Waals surface area contributed by atoms with Gasteiger partial charge >= 0.3 is 5.97 Å². The minimum absolute atomic E-state index is 0.0607. The molecule has 2 heterocycles. The third kappa shape index (κ3) is 7.55. The fraction of sp³-hybridized carbons (Fsp3) is 0.438. The van der Waals surface area contributed by atoms with Gasteiger partial charge in [0.2, 0.25) is 5.91 Å². The number of amides is 1. The van der Waals surface area contributed by atoms with Gasteiger partial charge in [-0.1, -0.05) is 57.5 Å². The third-order valence-electron chi connectivity index (χ3n) is 7.39. The van der Waals surface area contributed by atoms with Crippen LogP contribution in [0.1, 0.15) is 58.3 Å². The maximum absolute atomic E-state index is 13.5.